The first kappa shape index (κ1) is 27.1. The van der Waals surface area contributed by atoms with Gasteiger partial charge in [-0.1, -0.05) is 135 Å². The van der Waals surface area contributed by atoms with E-state index >= 15 is 0 Å². The van der Waals surface area contributed by atoms with Gasteiger partial charge in [-0.3, -0.25) is 0 Å². The van der Waals surface area contributed by atoms with Gasteiger partial charge in [-0.15, -0.1) is 0 Å². The fourth-order valence-electron chi connectivity index (χ4n) is 7.98. The van der Waals surface area contributed by atoms with E-state index in [1.807, 2.05) is 0 Å². The van der Waals surface area contributed by atoms with Gasteiger partial charge in [0.05, 0.1) is 11.4 Å². The van der Waals surface area contributed by atoms with Crippen molar-refractivity contribution in [2.24, 2.45) is 0 Å². The van der Waals surface area contributed by atoms with Crippen LogP contribution < -0.4 is 0 Å². The van der Waals surface area contributed by atoms with Crippen molar-refractivity contribution in [3.05, 3.63) is 173 Å². The lowest BCUT2D eigenvalue weighted by atomic mass is 9.77. The Bertz CT molecular complexity index is 2160. The highest BCUT2D eigenvalue weighted by atomic mass is 14.7. The minimum absolute atomic E-state index is 0.0154. The Morgan fingerprint density at radius 1 is 0.500 bits per heavy atom. The number of hydrogen-bond acceptors (Lipinski definition) is 1. The monoisotopic (exact) mass is 589 g/mol. The zero-order valence-corrected chi connectivity index (χ0v) is 26.3. The summed E-state index contributed by atoms with van der Waals surface area (Å²) in [5.41, 5.74) is 21.2. The molecule has 3 aliphatic rings. The van der Waals surface area contributed by atoms with Crippen LogP contribution in [0.2, 0.25) is 0 Å². The average Bonchev–Trinajstić information content (AvgIpc) is 3.59. The Morgan fingerprint density at radius 3 is 1.87 bits per heavy atom. The topological polar surface area (TPSA) is 12.9 Å². The predicted octanol–water partition coefficient (Wildman–Crippen LogP) is 11.6. The van der Waals surface area contributed by atoms with Crippen LogP contribution in [0, 0.1) is 0 Å². The van der Waals surface area contributed by atoms with Crippen molar-refractivity contribution in [1.29, 1.82) is 0 Å². The minimum Gasteiger partial charge on any atom is -0.248 e. The molecule has 1 nitrogen and oxygen atoms in total. The molecule has 1 aromatic heterocycles. The molecule has 220 valence electrons. The zero-order valence-electron chi connectivity index (χ0n) is 26.3. The van der Waals surface area contributed by atoms with E-state index in [0.29, 0.717) is 0 Å². The molecule has 0 atom stereocenters. The van der Waals surface area contributed by atoms with Gasteiger partial charge in [-0.25, -0.2) is 4.98 Å². The van der Waals surface area contributed by atoms with Gasteiger partial charge in [0.1, 0.15) is 0 Å². The number of fused-ring (bicyclic) bond motifs is 5. The first-order chi connectivity index (χ1) is 22.5. The molecule has 0 fully saturated rings. The van der Waals surface area contributed by atoms with Crippen molar-refractivity contribution in [3.63, 3.8) is 0 Å². The third kappa shape index (κ3) is 4.34. The zero-order chi connectivity index (χ0) is 30.8. The summed E-state index contributed by atoms with van der Waals surface area (Å²) >= 11 is 0. The van der Waals surface area contributed by atoms with Gasteiger partial charge >= 0.3 is 0 Å². The smallest absolute Gasteiger partial charge is 0.0715 e. The van der Waals surface area contributed by atoms with E-state index in [9.17, 15) is 0 Å². The van der Waals surface area contributed by atoms with Gasteiger partial charge in [0.15, 0.2) is 0 Å². The van der Waals surface area contributed by atoms with Crippen molar-refractivity contribution in [3.8, 4) is 44.8 Å². The van der Waals surface area contributed by atoms with Gasteiger partial charge in [-0.2, -0.15) is 0 Å². The fourth-order valence-corrected chi connectivity index (χ4v) is 7.98. The number of aromatic nitrogens is 1. The van der Waals surface area contributed by atoms with Crippen LogP contribution in [-0.2, 0) is 11.8 Å². The molecule has 0 saturated heterocycles. The third-order valence-electron chi connectivity index (χ3n) is 10.4. The lowest BCUT2D eigenvalue weighted by Crippen LogP contribution is -2.17. The molecule has 1 heteroatoms. The normalized spacial score (nSPS) is 15.6. The highest BCUT2D eigenvalue weighted by molar-refractivity contribution is 5.91. The largest absolute Gasteiger partial charge is 0.248 e. The number of allylic oxidation sites excluding steroid dienone is 4. The Kier molecular flexibility index (Phi) is 6.12. The van der Waals surface area contributed by atoms with Crippen LogP contribution in [0.15, 0.2) is 145 Å². The molecule has 46 heavy (non-hydrogen) atoms. The van der Waals surface area contributed by atoms with Crippen molar-refractivity contribution in [1.82, 2.24) is 4.98 Å². The van der Waals surface area contributed by atoms with Crippen LogP contribution in [0.25, 0.3) is 55.9 Å². The van der Waals surface area contributed by atoms with Crippen molar-refractivity contribution in [2.75, 3.05) is 0 Å². The minimum atomic E-state index is -0.0154. The Labute approximate surface area is 271 Å². The molecule has 1 heterocycles. The van der Waals surface area contributed by atoms with Crippen LogP contribution in [0.1, 0.15) is 54.5 Å². The summed E-state index contributed by atoms with van der Waals surface area (Å²) in [6.07, 6.45) is 5.71. The molecular weight excluding hydrogens is 555 g/mol. The molecule has 0 aliphatic heterocycles. The second kappa shape index (κ2) is 10.4. The Hall–Kier alpha value is -5.27. The van der Waals surface area contributed by atoms with Gasteiger partial charge in [0, 0.05) is 16.5 Å². The van der Waals surface area contributed by atoms with Gasteiger partial charge in [0.25, 0.3) is 0 Å². The number of rotatable bonds is 4. The molecule has 0 bridgehead atoms. The van der Waals surface area contributed by atoms with E-state index in [1.54, 1.807) is 5.57 Å². The number of pyridine rings is 1. The average molecular weight is 590 g/mol. The van der Waals surface area contributed by atoms with E-state index in [0.717, 1.165) is 41.8 Å². The van der Waals surface area contributed by atoms with Gasteiger partial charge in [-0.05, 0) is 104 Å². The van der Waals surface area contributed by atoms with Crippen LogP contribution in [-0.4, -0.2) is 4.98 Å². The third-order valence-corrected chi connectivity index (χ3v) is 10.4. The predicted molar refractivity (Wildman–Crippen MR) is 192 cm³/mol. The molecule has 3 aliphatic carbocycles. The summed E-state index contributed by atoms with van der Waals surface area (Å²) in [6.45, 7) is 4.83. The molecule has 5 aromatic carbocycles. The quantitative estimate of drug-likeness (QED) is 0.199. The van der Waals surface area contributed by atoms with E-state index in [4.69, 9.17) is 4.98 Å². The van der Waals surface area contributed by atoms with E-state index in [2.05, 4.69) is 153 Å². The molecule has 0 spiro atoms. The summed E-state index contributed by atoms with van der Waals surface area (Å²) in [4.78, 5) is 5.15. The standard InChI is InChI=1S/C45H35N/c1-45(2)41-25-33(21-22-38(41)40-24-36-23-34-15-9-10-16-37(34)39(36)28-42(40)45)30-17-19-32(20-18-30)44-27-35(29-11-5-3-6-12-29)26-43(46-44)31-13-7-4-8-14-31/h3-20,24-28H,21-23H2,1-2H3. The lowest BCUT2D eigenvalue weighted by Gasteiger charge is -2.26. The maximum absolute atomic E-state index is 5.15. The molecular formula is C45H35N. The number of benzene rings is 5. The second-order valence-electron chi connectivity index (χ2n) is 13.5. The lowest BCUT2D eigenvalue weighted by molar-refractivity contribution is 0.652. The van der Waals surface area contributed by atoms with Crippen molar-refractivity contribution < 1.29 is 0 Å². The highest BCUT2D eigenvalue weighted by Gasteiger charge is 2.39. The number of hydrogen-bond donors (Lipinski definition) is 0. The molecule has 0 amide bonds. The van der Waals surface area contributed by atoms with E-state index < -0.39 is 0 Å². The fraction of sp³-hybridized carbons (Fsp3) is 0.133. The van der Waals surface area contributed by atoms with Crippen LogP contribution in [0.4, 0.5) is 0 Å². The first-order valence-corrected chi connectivity index (χ1v) is 16.5. The molecule has 0 N–H and O–H groups in total. The van der Waals surface area contributed by atoms with Crippen LogP contribution >= 0.6 is 0 Å². The number of nitrogens with zero attached hydrogens (tertiary/aromatic N) is 1. The van der Waals surface area contributed by atoms with Crippen molar-refractivity contribution >= 4 is 11.1 Å². The van der Waals surface area contributed by atoms with Gasteiger partial charge in [0.2, 0.25) is 0 Å². The summed E-state index contributed by atoms with van der Waals surface area (Å²) in [5.74, 6) is 0. The summed E-state index contributed by atoms with van der Waals surface area (Å²) in [5, 5.41) is 0. The van der Waals surface area contributed by atoms with Crippen LogP contribution in [0.3, 0.4) is 0 Å². The Morgan fingerprint density at radius 2 is 1.13 bits per heavy atom. The molecule has 0 radical (unpaired) electrons. The van der Waals surface area contributed by atoms with Gasteiger partial charge < -0.3 is 0 Å². The molecule has 6 aromatic rings. The SMILES string of the molecule is CC1(C)C2=C(CCC(c3ccc(-c4cc(-c5ccccc5)cc(-c5ccccc5)n4)cc3)=C2)c2cc3c(cc21)-c1ccccc1C3. The summed E-state index contributed by atoms with van der Waals surface area (Å²) < 4.78 is 0. The highest BCUT2D eigenvalue weighted by Crippen LogP contribution is 2.54. The molecule has 9 rings (SSSR count). The Balaban J connectivity index is 1.06. The van der Waals surface area contributed by atoms with Crippen LogP contribution in [0.5, 0.6) is 0 Å². The van der Waals surface area contributed by atoms with E-state index in [1.165, 1.54) is 61.2 Å². The maximum atomic E-state index is 5.15. The maximum Gasteiger partial charge on any atom is 0.0715 e. The molecule has 0 unspecified atom stereocenters. The summed E-state index contributed by atoms with van der Waals surface area (Å²) in [6, 6.07) is 48.6. The second-order valence-corrected chi connectivity index (χ2v) is 13.5. The molecule has 0 saturated carbocycles. The summed E-state index contributed by atoms with van der Waals surface area (Å²) in [7, 11) is 0. The van der Waals surface area contributed by atoms with Crippen molar-refractivity contribution in [2.45, 2.75) is 38.5 Å². The first-order valence-electron chi connectivity index (χ1n) is 16.5. The van der Waals surface area contributed by atoms with E-state index in [-0.39, 0.29) is 5.41 Å².